The van der Waals surface area contributed by atoms with Gasteiger partial charge in [0.25, 0.3) is 0 Å². The van der Waals surface area contributed by atoms with Gasteiger partial charge in [0.15, 0.2) is 5.82 Å². The molecule has 0 saturated heterocycles. The second-order valence-electron chi connectivity index (χ2n) is 2.26. The van der Waals surface area contributed by atoms with Crippen molar-refractivity contribution >= 4 is 11.7 Å². The van der Waals surface area contributed by atoms with Gasteiger partial charge in [0.2, 0.25) is 5.88 Å². The molecule has 0 amide bonds. The molecular formula is C7H13N3O. The van der Waals surface area contributed by atoms with E-state index in [-0.39, 0.29) is 0 Å². The predicted molar refractivity (Wildman–Crippen MR) is 44.5 cm³/mol. The van der Waals surface area contributed by atoms with Crippen LogP contribution in [0, 0.1) is 0 Å². The molecule has 0 spiro atoms. The maximum absolute atomic E-state index is 5.39. The topological polar surface area (TPSA) is 55.3 Å². The molecule has 1 heterocycles. The summed E-state index contributed by atoms with van der Waals surface area (Å²) >= 11 is 0. The standard InChI is InChI=1S/C7H13N3O/c1-3-10(4-2)7-5-6(8)9-11-7/h5H,3-4H2,1-2H3,(H2,8,9). The number of nitrogen functional groups attached to an aromatic ring is 1. The summed E-state index contributed by atoms with van der Waals surface area (Å²) in [6.07, 6.45) is 0. The highest BCUT2D eigenvalue weighted by atomic mass is 16.5. The summed E-state index contributed by atoms with van der Waals surface area (Å²) in [5.41, 5.74) is 5.39. The van der Waals surface area contributed by atoms with Crippen LogP contribution in [0.2, 0.25) is 0 Å². The van der Waals surface area contributed by atoms with E-state index < -0.39 is 0 Å². The number of aromatic nitrogens is 1. The Kier molecular flexibility index (Phi) is 2.36. The summed E-state index contributed by atoms with van der Waals surface area (Å²) in [6.45, 7) is 5.93. The number of rotatable bonds is 3. The molecule has 0 aliphatic carbocycles. The number of anilines is 2. The molecule has 0 aliphatic rings. The molecule has 1 aromatic rings. The molecule has 0 aromatic carbocycles. The van der Waals surface area contributed by atoms with Crippen LogP contribution >= 0.6 is 0 Å². The van der Waals surface area contributed by atoms with Crippen LogP contribution in [0.1, 0.15) is 13.8 Å². The Hall–Kier alpha value is -1.19. The van der Waals surface area contributed by atoms with Crippen molar-refractivity contribution in [3.8, 4) is 0 Å². The highest BCUT2D eigenvalue weighted by Crippen LogP contribution is 2.15. The molecule has 0 bridgehead atoms. The third-order valence-electron chi connectivity index (χ3n) is 1.59. The van der Waals surface area contributed by atoms with Crippen molar-refractivity contribution in [1.82, 2.24) is 5.16 Å². The zero-order valence-electron chi connectivity index (χ0n) is 6.87. The molecule has 0 atom stereocenters. The SMILES string of the molecule is CCN(CC)c1cc(N)no1. The number of hydrogen-bond donors (Lipinski definition) is 1. The summed E-state index contributed by atoms with van der Waals surface area (Å²) < 4.78 is 4.96. The molecule has 0 aliphatic heterocycles. The third-order valence-corrected chi connectivity index (χ3v) is 1.59. The van der Waals surface area contributed by atoms with Gasteiger partial charge in [-0.15, -0.1) is 0 Å². The molecule has 11 heavy (non-hydrogen) atoms. The molecule has 62 valence electrons. The number of nitrogens with two attached hydrogens (primary N) is 1. The molecule has 0 saturated carbocycles. The molecule has 0 fully saturated rings. The van der Waals surface area contributed by atoms with Crippen LogP contribution in [-0.2, 0) is 0 Å². The Bertz CT molecular complexity index is 217. The number of nitrogens with zero attached hydrogens (tertiary/aromatic N) is 2. The van der Waals surface area contributed by atoms with Gasteiger partial charge >= 0.3 is 0 Å². The Labute approximate surface area is 66.0 Å². The molecule has 0 radical (unpaired) electrons. The maximum atomic E-state index is 5.39. The summed E-state index contributed by atoms with van der Waals surface area (Å²) in [7, 11) is 0. The van der Waals surface area contributed by atoms with Gasteiger partial charge < -0.3 is 15.2 Å². The van der Waals surface area contributed by atoms with E-state index in [2.05, 4.69) is 19.0 Å². The van der Waals surface area contributed by atoms with Crippen LogP contribution in [0.5, 0.6) is 0 Å². The lowest BCUT2D eigenvalue weighted by Crippen LogP contribution is -2.20. The van der Waals surface area contributed by atoms with E-state index in [1.807, 2.05) is 4.90 Å². The number of hydrogen-bond acceptors (Lipinski definition) is 4. The van der Waals surface area contributed by atoms with Crippen molar-refractivity contribution in [2.75, 3.05) is 23.7 Å². The van der Waals surface area contributed by atoms with E-state index in [4.69, 9.17) is 10.3 Å². The Balaban J connectivity index is 2.73. The van der Waals surface area contributed by atoms with Crippen LogP contribution in [0.15, 0.2) is 10.6 Å². The molecule has 0 unspecified atom stereocenters. The van der Waals surface area contributed by atoms with Crippen molar-refractivity contribution in [2.45, 2.75) is 13.8 Å². The van der Waals surface area contributed by atoms with Crippen LogP contribution in [0.25, 0.3) is 0 Å². The average Bonchev–Trinajstić information content (AvgIpc) is 2.39. The first-order valence-corrected chi connectivity index (χ1v) is 3.75. The Morgan fingerprint density at radius 2 is 2.18 bits per heavy atom. The van der Waals surface area contributed by atoms with Crippen molar-refractivity contribution < 1.29 is 4.52 Å². The lowest BCUT2D eigenvalue weighted by Gasteiger charge is -2.15. The van der Waals surface area contributed by atoms with Crippen LogP contribution in [0.3, 0.4) is 0 Å². The average molecular weight is 155 g/mol. The van der Waals surface area contributed by atoms with E-state index >= 15 is 0 Å². The summed E-state index contributed by atoms with van der Waals surface area (Å²) in [4.78, 5) is 2.04. The van der Waals surface area contributed by atoms with Crippen molar-refractivity contribution in [3.05, 3.63) is 6.07 Å². The van der Waals surface area contributed by atoms with Crippen LogP contribution in [0.4, 0.5) is 11.7 Å². The first kappa shape index (κ1) is 7.91. The first-order chi connectivity index (χ1) is 5.27. The van der Waals surface area contributed by atoms with Crippen molar-refractivity contribution in [2.24, 2.45) is 0 Å². The largest absolute Gasteiger partial charge is 0.381 e. The van der Waals surface area contributed by atoms with E-state index in [9.17, 15) is 0 Å². The highest BCUT2D eigenvalue weighted by Gasteiger charge is 2.06. The summed E-state index contributed by atoms with van der Waals surface area (Å²) in [5.74, 6) is 1.18. The quantitative estimate of drug-likeness (QED) is 0.710. The molecular weight excluding hydrogens is 142 g/mol. The molecule has 2 N–H and O–H groups in total. The fraction of sp³-hybridized carbons (Fsp3) is 0.571. The second kappa shape index (κ2) is 3.27. The molecule has 4 nitrogen and oxygen atoms in total. The minimum absolute atomic E-state index is 0.437. The van der Waals surface area contributed by atoms with E-state index in [0.717, 1.165) is 19.0 Å². The van der Waals surface area contributed by atoms with Gasteiger partial charge in [0.05, 0.1) is 0 Å². The fourth-order valence-corrected chi connectivity index (χ4v) is 0.963. The van der Waals surface area contributed by atoms with E-state index in [0.29, 0.717) is 5.82 Å². The van der Waals surface area contributed by atoms with Crippen LogP contribution < -0.4 is 10.6 Å². The van der Waals surface area contributed by atoms with Gasteiger partial charge in [-0.1, -0.05) is 5.16 Å². The van der Waals surface area contributed by atoms with E-state index in [1.165, 1.54) is 0 Å². The van der Waals surface area contributed by atoms with Crippen molar-refractivity contribution in [3.63, 3.8) is 0 Å². The lowest BCUT2D eigenvalue weighted by atomic mass is 10.5. The second-order valence-corrected chi connectivity index (χ2v) is 2.26. The summed E-state index contributed by atoms with van der Waals surface area (Å²) in [6, 6.07) is 1.73. The minimum Gasteiger partial charge on any atom is -0.381 e. The monoisotopic (exact) mass is 155 g/mol. The normalized spacial score (nSPS) is 10.0. The predicted octanol–water partition coefficient (Wildman–Crippen LogP) is 1.10. The lowest BCUT2D eigenvalue weighted by molar-refractivity contribution is 0.420. The highest BCUT2D eigenvalue weighted by molar-refractivity contribution is 5.43. The molecule has 4 heteroatoms. The Morgan fingerprint density at radius 1 is 1.55 bits per heavy atom. The fourth-order valence-electron chi connectivity index (χ4n) is 0.963. The van der Waals surface area contributed by atoms with Gasteiger partial charge in [-0.25, -0.2) is 0 Å². The van der Waals surface area contributed by atoms with Gasteiger partial charge in [0.1, 0.15) is 0 Å². The maximum Gasteiger partial charge on any atom is 0.229 e. The smallest absolute Gasteiger partial charge is 0.229 e. The Morgan fingerprint density at radius 3 is 2.55 bits per heavy atom. The summed E-state index contributed by atoms with van der Waals surface area (Å²) in [5, 5.41) is 3.59. The zero-order chi connectivity index (χ0) is 8.27. The van der Waals surface area contributed by atoms with Crippen LogP contribution in [-0.4, -0.2) is 18.2 Å². The first-order valence-electron chi connectivity index (χ1n) is 3.75. The zero-order valence-corrected chi connectivity index (χ0v) is 6.87. The third kappa shape index (κ3) is 1.63. The van der Waals surface area contributed by atoms with Gasteiger partial charge in [-0.05, 0) is 13.8 Å². The minimum atomic E-state index is 0.437. The van der Waals surface area contributed by atoms with Gasteiger partial charge in [-0.3, -0.25) is 0 Å². The molecule has 1 aromatic heterocycles. The van der Waals surface area contributed by atoms with E-state index in [1.54, 1.807) is 6.07 Å². The van der Waals surface area contributed by atoms with Crippen molar-refractivity contribution in [1.29, 1.82) is 0 Å². The van der Waals surface area contributed by atoms with Gasteiger partial charge in [0, 0.05) is 19.2 Å². The van der Waals surface area contributed by atoms with Gasteiger partial charge in [-0.2, -0.15) is 0 Å². The molecule has 1 rings (SSSR count).